The molecule has 92 valence electrons. The molecule has 0 radical (unpaired) electrons. The number of amides is 1. The summed E-state index contributed by atoms with van der Waals surface area (Å²) in [6.45, 7) is 4.43. The number of hydrogen-bond donors (Lipinski definition) is 1. The first-order valence-corrected chi connectivity index (χ1v) is 6.13. The van der Waals surface area contributed by atoms with E-state index >= 15 is 0 Å². The maximum absolute atomic E-state index is 13.7. The second-order valence-electron chi connectivity index (χ2n) is 4.96. The van der Waals surface area contributed by atoms with E-state index in [2.05, 4.69) is 12.2 Å². The number of aryl methyl sites for hydroxylation is 1. The average Bonchev–Trinajstić information content (AvgIpc) is 3.13. The highest BCUT2D eigenvalue weighted by atomic mass is 19.1. The summed E-state index contributed by atoms with van der Waals surface area (Å²) in [5.74, 6) is 0.521. The van der Waals surface area contributed by atoms with Gasteiger partial charge in [-0.15, -0.1) is 0 Å². The van der Waals surface area contributed by atoms with Gasteiger partial charge in [0.2, 0.25) is 0 Å². The lowest BCUT2D eigenvalue weighted by molar-refractivity contribution is 0.0942. The zero-order valence-corrected chi connectivity index (χ0v) is 10.3. The monoisotopic (exact) mass is 235 g/mol. The first kappa shape index (κ1) is 12.1. The molecule has 1 aliphatic rings. The van der Waals surface area contributed by atoms with E-state index in [1.165, 1.54) is 18.9 Å². The van der Waals surface area contributed by atoms with Gasteiger partial charge < -0.3 is 5.32 Å². The van der Waals surface area contributed by atoms with Crippen molar-refractivity contribution in [1.82, 2.24) is 5.32 Å². The zero-order chi connectivity index (χ0) is 12.4. The second kappa shape index (κ2) is 4.86. The van der Waals surface area contributed by atoms with Gasteiger partial charge in [0.25, 0.3) is 5.91 Å². The smallest absolute Gasteiger partial charge is 0.254 e. The molecule has 1 aliphatic carbocycles. The molecule has 2 nitrogen and oxygen atoms in total. The van der Waals surface area contributed by atoms with Crippen molar-refractivity contribution in [3.05, 3.63) is 35.1 Å². The summed E-state index contributed by atoms with van der Waals surface area (Å²) in [5.41, 5.74) is 0.654. The summed E-state index contributed by atoms with van der Waals surface area (Å²) in [4.78, 5) is 11.8. The molecule has 1 N–H and O–H groups in total. The van der Waals surface area contributed by atoms with Crippen LogP contribution in [0.1, 0.15) is 35.7 Å². The molecule has 1 aromatic carbocycles. The molecule has 1 aromatic rings. The summed E-state index contributed by atoms with van der Waals surface area (Å²) in [7, 11) is 0. The number of halogens is 1. The number of nitrogens with one attached hydrogen (secondary N) is 1. The van der Waals surface area contributed by atoms with Crippen LogP contribution in [0.5, 0.6) is 0 Å². The summed E-state index contributed by atoms with van der Waals surface area (Å²) in [6, 6.07) is 4.90. The first-order valence-electron chi connectivity index (χ1n) is 6.13. The number of hydrogen-bond acceptors (Lipinski definition) is 1. The lowest BCUT2D eigenvalue weighted by Crippen LogP contribution is -2.29. The van der Waals surface area contributed by atoms with Gasteiger partial charge in [-0.2, -0.15) is 0 Å². The van der Waals surface area contributed by atoms with Crippen LogP contribution in [-0.4, -0.2) is 12.5 Å². The highest BCUT2D eigenvalue weighted by molar-refractivity contribution is 5.94. The Labute approximate surface area is 101 Å². The van der Waals surface area contributed by atoms with Gasteiger partial charge in [-0.1, -0.05) is 19.1 Å². The Bertz CT molecular complexity index is 426. The van der Waals surface area contributed by atoms with Crippen LogP contribution in [0.3, 0.4) is 0 Å². The Hall–Kier alpha value is -1.38. The van der Waals surface area contributed by atoms with Gasteiger partial charge in [-0.05, 0) is 43.2 Å². The van der Waals surface area contributed by atoms with Crippen molar-refractivity contribution in [2.24, 2.45) is 11.8 Å². The van der Waals surface area contributed by atoms with Gasteiger partial charge in [-0.25, -0.2) is 4.39 Å². The molecule has 17 heavy (non-hydrogen) atoms. The summed E-state index contributed by atoms with van der Waals surface area (Å²) >= 11 is 0. The normalized spacial score (nSPS) is 16.6. The van der Waals surface area contributed by atoms with Crippen LogP contribution in [0.25, 0.3) is 0 Å². The number of carbonyl (C=O) groups excluding carboxylic acids is 1. The molecule has 0 aromatic heterocycles. The fourth-order valence-corrected chi connectivity index (χ4v) is 2.00. The minimum Gasteiger partial charge on any atom is -0.352 e. The molecule has 0 heterocycles. The highest BCUT2D eigenvalue weighted by Crippen LogP contribution is 2.36. The third-order valence-electron chi connectivity index (χ3n) is 3.45. The Morgan fingerprint density at radius 1 is 1.53 bits per heavy atom. The highest BCUT2D eigenvalue weighted by Gasteiger charge is 2.28. The molecule has 3 heteroatoms. The van der Waals surface area contributed by atoms with Crippen molar-refractivity contribution in [1.29, 1.82) is 0 Å². The van der Waals surface area contributed by atoms with E-state index in [1.54, 1.807) is 19.1 Å². The molecular formula is C14H18FNO. The Morgan fingerprint density at radius 2 is 2.24 bits per heavy atom. The van der Waals surface area contributed by atoms with E-state index < -0.39 is 5.82 Å². The summed E-state index contributed by atoms with van der Waals surface area (Å²) in [5, 5.41) is 2.81. The molecule has 1 unspecified atom stereocenters. The van der Waals surface area contributed by atoms with E-state index in [9.17, 15) is 9.18 Å². The molecule has 1 fully saturated rings. The fourth-order valence-electron chi connectivity index (χ4n) is 2.00. The lowest BCUT2D eigenvalue weighted by Gasteiger charge is -2.12. The van der Waals surface area contributed by atoms with Crippen molar-refractivity contribution < 1.29 is 9.18 Å². The third-order valence-corrected chi connectivity index (χ3v) is 3.45. The maximum atomic E-state index is 13.7. The number of benzene rings is 1. The minimum atomic E-state index is -0.413. The number of rotatable bonds is 4. The van der Waals surface area contributed by atoms with Crippen LogP contribution in [-0.2, 0) is 0 Å². The molecule has 2 rings (SSSR count). The predicted octanol–water partition coefficient (Wildman–Crippen LogP) is 2.91. The standard InChI is InChI=1S/C14H18FNO/c1-9-4-3-5-12(13(9)15)14(17)16-8-10(2)11-6-7-11/h3-5,10-11H,6-8H2,1-2H3,(H,16,17). The van der Waals surface area contributed by atoms with Crippen LogP contribution < -0.4 is 5.32 Å². The van der Waals surface area contributed by atoms with Crippen LogP contribution >= 0.6 is 0 Å². The van der Waals surface area contributed by atoms with Gasteiger partial charge >= 0.3 is 0 Å². The summed E-state index contributed by atoms with van der Waals surface area (Å²) < 4.78 is 13.7. The molecular weight excluding hydrogens is 217 g/mol. The molecule has 1 saturated carbocycles. The molecule has 0 bridgehead atoms. The lowest BCUT2D eigenvalue weighted by atomic mass is 10.1. The Morgan fingerprint density at radius 3 is 2.88 bits per heavy atom. The minimum absolute atomic E-state index is 0.146. The van der Waals surface area contributed by atoms with Crippen LogP contribution in [0.15, 0.2) is 18.2 Å². The molecule has 0 aliphatic heterocycles. The summed E-state index contributed by atoms with van der Waals surface area (Å²) in [6.07, 6.45) is 2.52. The van der Waals surface area contributed by atoms with E-state index in [-0.39, 0.29) is 11.5 Å². The molecule has 1 amide bonds. The van der Waals surface area contributed by atoms with Crippen molar-refractivity contribution in [3.8, 4) is 0 Å². The van der Waals surface area contributed by atoms with Gasteiger partial charge in [0.15, 0.2) is 0 Å². The van der Waals surface area contributed by atoms with Crippen molar-refractivity contribution >= 4 is 5.91 Å². The predicted molar refractivity (Wildman–Crippen MR) is 65.4 cm³/mol. The third kappa shape index (κ3) is 2.84. The van der Waals surface area contributed by atoms with Crippen molar-refractivity contribution in [3.63, 3.8) is 0 Å². The molecule has 0 saturated heterocycles. The average molecular weight is 235 g/mol. The molecule has 0 spiro atoms. The van der Waals surface area contributed by atoms with Gasteiger partial charge in [0, 0.05) is 6.54 Å². The Balaban J connectivity index is 1.96. The number of carbonyl (C=O) groups is 1. The van der Waals surface area contributed by atoms with E-state index in [4.69, 9.17) is 0 Å². The van der Waals surface area contributed by atoms with Crippen LogP contribution in [0, 0.1) is 24.6 Å². The van der Waals surface area contributed by atoms with E-state index in [0.29, 0.717) is 18.0 Å². The van der Waals surface area contributed by atoms with Gasteiger partial charge in [0.05, 0.1) is 5.56 Å². The Kier molecular flexibility index (Phi) is 3.46. The fraction of sp³-hybridized carbons (Fsp3) is 0.500. The van der Waals surface area contributed by atoms with Crippen molar-refractivity contribution in [2.75, 3.05) is 6.54 Å². The van der Waals surface area contributed by atoms with E-state index in [0.717, 1.165) is 5.92 Å². The topological polar surface area (TPSA) is 29.1 Å². The van der Waals surface area contributed by atoms with Crippen LogP contribution in [0.4, 0.5) is 4.39 Å². The maximum Gasteiger partial charge on any atom is 0.254 e. The zero-order valence-electron chi connectivity index (χ0n) is 10.3. The molecule has 1 atom stereocenters. The van der Waals surface area contributed by atoms with Gasteiger partial charge in [-0.3, -0.25) is 4.79 Å². The SMILES string of the molecule is Cc1cccc(C(=O)NCC(C)C2CC2)c1F. The quantitative estimate of drug-likeness (QED) is 0.854. The second-order valence-corrected chi connectivity index (χ2v) is 4.96. The van der Waals surface area contributed by atoms with Gasteiger partial charge in [0.1, 0.15) is 5.82 Å². The van der Waals surface area contributed by atoms with E-state index in [1.807, 2.05) is 0 Å². The largest absolute Gasteiger partial charge is 0.352 e. The van der Waals surface area contributed by atoms with Crippen LogP contribution in [0.2, 0.25) is 0 Å². The first-order chi connectivity index (χ1) is 8.09. The van der Waals surface area contributed by atoms with Crippen molar-refractivity contribution in [2.45, 2.75) is 26.7 Å².